The zero-order chi connectivity index (χ0) is 27.0. The number of anilines is 1. The summed E-state index contributed by atoms with van der Waals surface area (Å²) >= 11 is 0. The predicted molar refractivity (Wildman–Crippen MR) is 131 cm³/mol. The standard InChI is InChI=1S/C26H32F3N5O3/c27-26(28,29)18-7-4-8-20(15-18)32-25(37)22(10-9-17-5-2-1-3-6-17)33-24(36)21(31)16-23(35)34-13-11-19(30)12-14-34/h1-8,15,19,21-22H,9-14,16,30-31H2,(H,32,37)(H,33,36)/p+2/t21-,22-/m0/s1. The summed E-state index contributed by atoms with van der Waals surface area (Å²) in [6.07, 6.45) is -2.40. The van der Waals surface area contributed by atoms with Gasteiger partial charge in [-0.3, -0.25) is 14.4 Å². The van der Waals surface area contributed by atoms with Crippen molar-refractivity contribution < 1.29 is 39.0 Å². The molecule has 1 aliphatic heterocycles. The zero-order valence-electron chi connectivity index (χ0n) is 20.6. The van der Waals surface area contributed by atoms with E-state index >= 15 is 0 Å². The van der Waals surface area contributed by atoms with Gasteiger partial charge in [0.1, 0.15) is 6.04 Å². The lowest BCUT2D eigenvalue weighted by Crippen LogP contribution is -2.70. The number of carbonyl (C=O) groups is 3. The van der Waals surface area contributed by atoms with Crippen LogP contribution in [-0.4, -0.2) is 53.8 Å². The van der Waals surface area contributed by atoms with Crippen LogP contribution in [0.4, 0.5) is 18.9 Å². The Bertz CT molecular complexity index is 1070. The van der Waals surface area contributed by atoms with Crippen LogP contribution in [-0.2, 0) is 27.0 Å². The lowest BCUT2D eigenvalue weighted by atomic mass is 10.0. The third kappa shape index (κ3) is 8.57. The van der Waals surface area contributed by atoms with Gasteiger partial charge in [-0.05, 0) is 36.6 Å². The van der Waals surface area contributed by atoms with Crippen LogP contribution >= 0.6 is 0 Å². The number of alkyl halides is 3. The molecule has 8 nitrogen and oxygen atoms in total. The van der Waals surface area contributed by atoms with Crippen LogP contribution in [0.1, 0.15) is 36.8 Å². The van der Waals surface area contributed by atoms with Crippen LogP contribution in [0.15, 0.2) is 54.6 Å². The molecule has 2 aromatic carbocycles. The quantitative estimate of drug-likeness (QED) is 0.392. The highest BCUT2D eigenvalue weighted by atomic mass is 19.4. The van der Waals surface area contributed by atoms with Gasteiger partial charge in [0.25, 0.3) is 5.91 Å². The number of hydrogen-bond donors (Lipinski definition) is 4. The molecule has 0 aromatic heterocycles. The zero-order valence-corrected chi connectivity index (χ0v) is 20.6. The smallest absolute Gasteiger partial charge is 0.355 e. The maximum absolute atomic E-state index is 13.1. The van der Waals surface area contributed by atoms with Crippen LogP contribution < -0.4 is 22.1 Å². The highest BCUT2D eigenvalue weighted by molar-refractivity contribution is 5.98. The van der Waals surface area contributed by atoms with Crippen molar-refractivity contribution in [1.82, 2.24) is 10.2 Å². The molecule has 0 spiro atoms. The van der Waals surface area contributed by atoms with Crippen LogP contribution in [0.25, 0.3) is 0 Å². The minimum atomic E-state index is -4.56. The number of likely N-dealkylation sites (tertiary alicyclic amines) is 1. The van der Waals surface area contributed by atoms with Crippen LogP contribution in [0.3, 0.4) is 0 Å². The highest BCUT2D eigenvalue weighted by Crippen LogP contribution is 2.30. The average Bonchev–Trinajstić information content (AvgIpc) is 2.87. The van der Waals surface area contributed by atoms with E-state index in [0.717, 1.165) is 30.5 Å². The van der Waals surface area contributed by atoms with Crippen molar-refractivity contribution in [3.63, 3.8) is 0 Å². The molecule has 0 saturated carbocycles. The van der Waals surface area contributed by atoms with E-state index in [9.17, 15) is 27.6 Å². The lowest BCUT2D eigenvalue weighted by Gasteiger charge is -2.29. The first-order chi connectivity index (χ1) is 17.5. The van der Waals surface area contributed by atoms with E-state index in [1.807, 2.05) is 30.3 Å². The number of aryl methyl sites for hydroxylation is 1. The summed E-state index contributed by atoms with van der Waals surface area (Å²) in [5.74, 6) is -1.41. The number of nitrogens with zero attached hydrogens (tertiary/aromatic N) is 1. The number of nitrogens with one attached hydrogen (secondary N) is 2. The van der Waals surface area contributed by atoms with E-state index in [1.54, 1.807) is 4.90 Å². The first-order valence-electron chi connectivity index (χ1n) is 12.3. The van der Waals surface area contributed by atoms with E-state index in [1.165, 1.54) is 12.1 Å². The fourth-order valence-electron chi connectivity index (χ4n) is 4.13. The number of hydrogen-bond acceptors (Lipinski definition) is 3. The van der Waals surface area contributed by atoms with Gasteiger partial charge in [0.15, 0.2) is 6.04 Å². The monoisotopic (exact) mass is 521 g/mol. The van der Waals surface area contributed by atoms with Gasteiger partial charge in [0.2, 0.25) is 11.8 Å². The molecule has 1 saturated heterocycles. The fraction of sp³-hybridized carbons (Fsp3) is 0.423. The Morgan fingerprint density at radius 2 is 1.68 bits per heavy atom. The highest BCUT2D eigenvalue weighted by Gasteiger charge is 2.32. The lowest BCUT2D eigenvalue weighted by molar-refractivity contribution is -0.426. The van der Waals surface area contributed by atoms with Crippen molar-refractivity contribution in [2.24, 2.45) is 0 Å². The van der Waals surface area contributed by atoms with Gasteiger partial charge in [0, 0.05) is 31.6 Å². The molecule has 0 radical (unpaired) electrons. The fourth-order valence-corrected chi connectivity index (χ4v) is 4.13. The number of quaternary nitrogens is 2. The van der Waals surface area contributed by atoms with Gasteiger partial charge in [-0.1, -0.05) is 36.4 Å². The summed E-state index contributed by atoms with van der Waals surface area (Å²) < 4.78 is 39.2. The molecule has 0 bridgehead atoms. The molecule has 0 aliphatic carbocycles. The van der Waals surface area contributed by atoms with Crippen LogP contribution in [0.2, 0.25) is 0 Å². The number of piperidine rings is 1. The molecule has 1 fully saturated rings. The molecule has 2 aromatic rings. The van der Waals surface area contributed by atoms with Crippen molar-refractivity contribution in [3.05, 3.63) is 65.7 Å². The van der Waals surface area contributed by atoms with Crippen molar-refractivity contribution in [1.29, 1.82) is 0 Å². The van der Waals surface area contributed by atoms with E-state index in [4.69, 9.17) is 0 Å². The number of rotatable bonds is 9. The minimum Gasteiger partial charge on any atom is -0.355 e. The molecule has 37 heavy (non-hydrogen) atoms. The van der Waals surface area contributed by atoms with Crippen molar-refractivity contribution in [2.45, 2.75) is 56.4 Å². The van der Waals surface area contributed by atoms with Crippen molar-refractivity contribution in [3.8, 4) is 0 Å². The second-order valence-corrected chi connectivity index (χ2v) is 9.38. The molecule has 200 valence electrons. The molecular weight excluding hydrogens is 487 g/mol. The summed E-state index contributed by atoms with van der Waals surface area (Å²) in [5, 5.41) is 5.13. The second kappa shape index (κ2) is 12.7. The Morgan fingerprint density at radius 1 is 1.00 bits per heavy atom. The second-order valence-electron chi connectivity index (χ2n) is 9.38. The largest absolute Gasteiger partial charge is 0.416 e. The Balaban J connectivity index is 1.66. The molecule has 1 heterocycles. The summed E-state index contributed by atoms with van der Waals surface area (Å²) in [4.78, 5) is 40.3. The molecule has 8 N–H and O–H groups in total. The number of carbonyl (C=O) groups excluding carboxylic acids is 3. The van der Waals surface area contributed by atoms with E-state index in [0.29, 0.717) is 25.6 Å². The number of amides is 3. The van der Waals surface area contributed by atoms with Gasteiger partial charge < -0.3 is 27.0 Å². The maximum Gasteiger partial charge on any atom is 0.416 e. The minimum absolute atomic E-state index is 0.0334. The van der Waals surface area contributed by atoms with Crippen LogP contribution in [0, 0.1) is 0 Å². The molecule has 11 heteroatoms. The van der Waals surface area contributed by atoms with Crippen LogP contribution in [0.5, 0.6) is 0 Å². The molecular formula is C26H34F3N5O3+2. The summed E-state index contributed by atoms with van der Waals surface area (Å²) in [6.45, 7) is 1.17. The Kier molecular flexibility index (Phi) is 9.65. The summed E-state index contributed by atoms with van der Waals surface area (Å²) in [7, 11) is 0. The maximum atomic E-state index is 13.1. The van der Waals surface area contributed by atoms with Crippen molar-refractivity contribution >= 4 is 23.4 Å². The summed E-state index contributed by atoms with van der Waals surface area (Å²) in [5.41, 5.74) is 7.83. The molecule has 2 atom stereocenters. The first kappa shape index (κ1) is 28.1. The van der Waals surface area contributed by atoms with Crippen molar-refractivity contribution in [2.75, 3.05) is 18.4 Å². The van der Waals surface area contributed by atoms with Gasteiger partial charge in [0.05, 0.1) is 18.0 Å². The SMILES string of the molecule is [NH3+]C1CCN(C(=O)C[C@H]([NH3+])C(=O)N[C@@H](CCc2ccccc2)C(=O)Nc2cccc(C(F)(F)F)c2)CC1. The number of benzene rings is 2. The van der Waals surface area contributed by atoms with E-state index in [2.05, 4.69) is 22.1 Å². The van der Waals surface area contributed by atoms with Gasteiger partial charge >= 0.3 is 6.18 Å². The molecule has 3 rings (SSSR count). The Labute approximate surface area is 213 Å². The van der Waals surface area contributed by atoms with Gasteiger partial charge in [-0.15, -0.1) is 0 Å². The molecule has 3 amide bonds. The van der Waals surface area contributed by atoms with E-state index in [-0.39, 0.29) is 24.4 Å². The number of halogens is 3. The Morgan fingerprint density at radius 3 is 2.32 bits per heavy atom. The topological polar surface area (TPSA) is 134 Å². The van der Waals surface area contributed by atoms with Gasteiger partial charge in [-0.2, -0.15) is 13.2 Å². The molecule has 1 aliphatic rings. The first-order valence-corrected chi connectivity index (χ1v) is 12.3. The average molecular weight is 522 g/mol. The Hall–Kier alpha value is -3.44. The summed E-state index contributed by atoms with van der Waals surface area (Å²) in [6, 6.07) is 11.9. The molecule has 0 unspecified atom stereocenters. The normalized spacial score (nSPS) is 16.1. The third-order valence-electron chi connectivity index (χ3n) is 6.41. The van der Waals surface area contributed by atoms with Gasteiger partial charge in [-0.25, -0.2) is 0 Å². The third-order valence-corrected chi connectivity index (χ3v) is 6.41. The predicted octanol–water partition coefficient (Wildman–Crippen LogP) is 0.995. The van der Waals surface area contributed by atoms with E-state index < -0.39 is 35.6 Å².